The van der Waals surface area contributed by atoms with Crippen molar-refractivity contribution in [3.05, 3.63) is 24.5 Å². The van der Waals surface area contributed by atoms with Crippen LogP contribution in [0.15, 0.2) is 29.0 Å². The van der Waals surface area contributed by atoms with E-state index in [-0.39, 0.29) is 0 Å². The normalized spacial score (nSPS) is 10.8. The monoisotopic (exact) mass is 274 g/mol. The molecule has 4 N–H and O–H groups in total. The molecule has 0 radical (unpaired) electrons. The Hall–Kier alpha value is -2.26. The largest absolute Gasteiger partial charge is 0.341 e. The van der Waals surface area contributed by atoms with E-state index in [9.17, 15) is 0 Å². The van der Waals surface area contributed by atoms with Gasteiger partial charge in [0.1, 0.15) is 34.0 Å². The van der Waals surface area contributed by atoms with E-state index in [0.717, 1.165) is 21.1 Å². The average Bonchev–Trinajstić information content (AvgIpc) is 2.90. The number of anilines is 1. The number of nitrogens with zero attached hydrogens (tertiary/aromatic N) is 5. The zero-order valence-electron chi connectivity index (χ0n) is 9.95. The summed E-state index contributed by atoms with van der Waals surface area (Å²) in [6.45, 7) is 1.89. The van der Waals surface area contributed by atoms with E-state index in [4.69, 9.17) is 5.84 Å². The molecule has 0 atom stereocenters. The summed E-state index contributed by atoms with van der Waals surface area (Å²) in [7, 11) is 0. The minimum Gasteiger partial charge on any atom is -0.341 e. The van der Waals surface area contributed by atoms with E-state index in [1.807, 2.05) is 6.92 Å². The summed E-state index contributed by atoms with van der Waals surface area (Å²) in [5.41, 5.74) is 4.81. The molecule has 0 aromatic carbocycles. The maximum atomic E-state index is 5.40. The van der Waals surface area contributed by atoms with Crippen molar-refractivity contribution >= 4 is 28.7 Å². The highest BCUT2D eigenvalue weighted by Gasteiger charge is 2.12. The van der Waals surface area contributed by atoms with Crippen molar-refractivity contribution in [1.29, 1.82) is 0 Å². The molecule has 0 bridgehead atoms. The van der Waals surface area contributed by atoms with Crippen molar-refractivity contribution in [3.63, 3.8) is 0 Å². The predicted octanol–water partition coefficient (Wildman–Crippen LogP) is 0.888. The van der Waals surface area contributed by atoms with Gasteiger partial charge in [-0.05, 0) is 18.7 Å². The number of rotatable bonds is 3. The fraction of sp³-hybridized carbons (Fsp3) is 0.100. The quantitative estimate of drug-likeness (QED) is 0.366. The number of hydrogen-bond acceptors (Lipinski definition) is 8. The summed E-state index contributed by atoms with van der Waals surface area (Å²) < 4.78 is 0. The van der Waals surface area contributed by atoms with Crippen molar-refractivity contribution in [2.45, 2.75) is 17.0 Å². The lowest BCUT2D eigenvalue weighted by Gasteiger charge is -2.07. The van der Waals surface area contributed by atoms with Gasteiger partial charge in [0.05, 0.1) is 6.33 Å². The lowest BCUT2D eigenvalue weighted by molar-refractivity contribution is 0.989. The molecule has 96 valence electrons. The SMILES string of the molecule is Cc1c(NN)ncnc1Sc1ncnc2nc[nH]c12. The third-order valence-corrected chi connectivity index (χ3v) is 3.66. The van der Waals surface area contributed by atoms with Gasteiger partial charge in [-0.1, -0.05) is 0 Å². The second-order valence-electron chi connectivity index (χ2n) is 3.68. The number of hydrogen-bond donors (Lipinski definition) is 3. The first-order valence-electron chi connectivity index (χ1n) is 5.39. The molecule has 8 nitrogen and oxygen atoms in total. The maximum absolute atomic E-state index is 5.40. The number of hydrazine groups is 1. The van der Waals surface area contributed by atoms with Crippen LogP contribution in [0.25, 0.3) is 11.2 Å². The number of aromatic nitrogens is 6. The summed E-state index contributed by atoms with van der Waals surface area (Å²) >= 11 is 1.41. The van der Waals surface area contributed by atoms with Crippen molar-refractivity contribution in [2.24, 2.45) is 5.84 Å². The van der Waals surface area contributed by atoms with E-state index in [1.165, 1.54) is 24.4 Å². The first-order valence-corrected chi connectivity index (χ1v) is 6.21. The zero-order chi connectivity index (χ0) is 13.2. The van der Waals surface area contributed by atoms with Crippen LogP contribution in [0.3, 0.4) is 0 Å². The molecule has 0 saturated heterocycles. The third-order valence-electron chi connectivity index (χ3n) is 2.56. The van der Waals surface area contributed by atoms with Gasteiger partial charge in [0, 0.05) is 5.56 Å². The number of nitrogen functional groups attached to an aromatic ring is 1. The van der Waals surface area contributed by atoms with Crippen LogP contribution in [0.5, 0.6) is 0 Å². The number of nitrogens with two attached hydrogens (primary N) is 1. The molecule has 19 heavy (non-hydrogen) atoms. The summed E-state index contributed by atoms with van der Waals surface area (Å²) in [5.74, 6) is 5.99. The summed E-state index contributed by atoms with van der Waals surface area (Å²) in [6.07, 6.45) is 4.52. The van der Waals surface area contributed by atoms with Crippen LogP contribution in [0.2, 0.25) is 0 Å². The molecule has 0 spiro atoms. The van der Waals surface area contributed by atoms with Gasteiger partial charge in [0.25, 0.3) is 0 Å². The molecule has 0 fully saturated rings. The Bertz CT molecular complexity index is 724. The Labute approximate surface area is 112 Å². The lowest BCUT2D eigenvalue weighted by Crippen LogP contribution is -2.10. The van der Waals surface area contributed by atoms with Crippen molar-refractivity contribution < 1.29 is 0 Å². The second kappa shape index (κ2) is 4.78. The van der Waals surface area contributed by atoms with Crippen LogP contribution in [0, 0.1) is 6.92 Å². The Kier molecular flexibility index (Phi) is 2.97. The Balaban J connectivity index is 2.04. The molecule has 3 rings (SSSR count). The molecule has 3 aromatic rings. The van der Waals surface area contributed by atoms with Gasteiger partial charge in [0.15, 0.2) is 5.65 Å². The van der Waals surface area contributed by atoms with Crippen LogP contribution in [0.1, 0.15) is 5.56 Å². The molecule has 0 amide bonds. The first kappa shape index (κ1) is 11.8. The molecule has 0 aliphatic heterocycles. The van der Waals surface area contributed by atoms with E-state index < -0.39 is 0 Å². The van der Waals surface area contributed by atoms with Gasteiger partial charge in [-0.2, -0.15) is 0 Å². The number of aromatic amines is 1. The number of fused-ring (bicyclic) bond motifs is 1. The van der Waals surface area contributed by atoms with Crippen LogP contribution >= 0.6 is 11.8 Å². The average molecular weight is 274 g/mol. The number of nitrogens with one attached hydrogen (secondary N) is 2. The van der Waals surface area contributed by atoms with E-state index >= 15 is 0 Å². The van der Waals surface area contributed by atoms with Gasteiger partial charge in [-0.3, -0.25) is 0 Å². The second-order valence-corrected chi connectivity index (χ2v) is 4.66. The minimum atomic E-state index is 0.590. The first-order chi connectivity index (χ1) is 9.29. The Morgan fingerprint density at radius 2 is 1.89 bits per heavy atom. The number of imidazole rings is 1. The molecule has 0 aliphatic carbocycles. The molecule has 0 unspecified atom stereocenters. The highest BCUT2D eigenvalue weighted by molar-refractivity contribution is 7.99. The standard InChI is InChI=1S/C10H10N8S/c1-5-7(18-11)13-3-16-9(5)19-10-6-8(14-2-12-6)15-4-17-10/h2-4H,11H2,1H3,(H,13,16,18)(H,12,14,15,17). The molecule has 0 saturated carbocycles. The maximum Gasteiger partial charge on any atom is 0.181 e. The Morgan fingerprint density at radius 3 is 2.74 bits per heavy atom. The van der Waals surface area contributed by atoms with Gasteiger partial charge in [-0.25, -0.2) is 30.8 Å². The highest BCUT2D eigenvalue weighted by atomic mass is 32.2. The van der Waals surface area contributed by atoms with Gasteiger partial charge < -0.3 is 10.4 Å². The fourth-order valence-electron chi connectivity index (χ4n) is 1.59. The smallest absolute Gasteiger partial charge is 0.181 e. The molecule has 3 aromatic heterocycles. The third kappa shape index (κ3) is 2.09. The van der Waals surface area contributed by atoms with Crippen molar-refractivity contribution in [2.75, 3.05) is 5.43 Å². The van der Waals surface area contributed by atoms with Crippen LogP contribution < -0.4 is 11.3 Å². The van der Waals surface area contributed by atoms with Crippen molar-refractivity contribution in [3.8, 4) is 0 Å². The zero-order valence-corrected chi connectivity index (χ0v) is 10.8. The van der Waals surface area contributed by atoms with E-state index in [2.05, 4.69) is 35.3 Å². The minimum absolute atomic E-state index is 0.590. The molecule has 3 heterocycles. The van der Waals surface area contributed by atoms with Gasteiger partial charge in [-0.15, -0.1) is 0 Å². The number of H-pyrrole nitrogens is 1. The molecule has 9 heteroatoms. The highest BCUT2D eigenvalue weighted by Crippen LogP contribution is 2.31. The summed E-state index contributed by atoms with van der Waals surface area (Å²) in [5, 5.41) is 1.53. The summed E-state index contributed by atoms with van der Waals surface area (Å²) in [6, 6.07) is 0. The summed E-state index contributed by atoms with van der Waals surface area (Å²) in [4.78, 5) is 23.7. The van der Waals surface area contributed by atoms with Crippen LogP contribution in [-0.4, -0.2) is 29.9 Å². The van der Waals surface area contributed by atoms with E-state index in [1.54, 1.807) is 6.33 Å². The van der Waals surface area contributed by atoms with Gasteiger partial charge >= 0.3 is 0 Å². The van der Waals surface area contributed by atoms with Gasteiger partial charge in [0.2, 0.25) is 0 Å². The van der Waals surface area contributed by atoms with Crippen LogP contribution in [0.4, 0.5) is 5.82 Å². The van der Waals surface area contributed by atoms with E-state index in [0.29, 0.717) is 11.5 Å². The Morgan fingerprint density at radius 1 is 1.11 bits per heavy atom. The molecular weight excluding hydrogens is 264 g/mol. The molecule has 0 aliphatic rings. The predicted molar refractivity (Wildman–Crippen MR) is 70.4 cm³/mol. The lowest BCUT2D eigenvalue weighted by atomic mass is 10.3. The topological polar surface area (TPSA) is 118 Å². The molecular formula is C10H10N8S. The fourth-order valence-corrected chi connectivity index (χ4v) is 2.48. The van der Waals surface area contributed by atoms with Crippen molar-refractivity contribution in [1.82, 2.24) is 29.9 Å². The van der Waals surface area contributed by atoms with Crippen LogP contribution in [-0.2, 0) is 0 Å².